The standard InChI is InChI=1S/C10H12F2O2/c1-10(2,13)9-7(11)4-6(14-3)5-8(9)12/h4-5,13H,1-3H3. The quantitative estimate of drug-likeness (QED) is 0.796. The van der Waals surface area contributed by atoms with Gasteiger partial charge in [0, 0.05) is 12.1 Å². The normalized spacial score (nSPS) is 11.6. The number of halogens is 2. The first-order valence-corrected chi connectivity index (χ1v) is 4.12. The minimum absolute atomic E-state index is 0.0907. The summed E-state index contributed by atoms with van der Waals surface area (Å²) in [5.41, 5.74) is -1.89. The summed E-state index contributed by atoms with van der Waals surface area (Å²) >= 11 is 0. The lowest BCUT2D eigenvalue weighted by molar-refractivity contribution is 0.0701. The number of aliphatic hydroxyl groups is 1. The molecule has 0 amide bonds. The van der Waals surface area contributed by atoms with Crippen molar-refractivity contribution in [1.82, 2.24) is 0 Å². The van der Waals surface area contributed by atoms with Gasteiger partial charge in [-0.3, -0.25) is 0 Å². The molecule has 0 aliphatic heterocycles. The zero-order chi connectivity index (χ0) is 10.9. The van der Waals surface area contributed by atoms with E-state index in [-0.39, 0.29) is 11.3 Å². The van der Waals surface area contributed by atoms with E-state index >= 15 is 0 Å². The van der Waals surface area contributed by atoms with Gasteiger partial charge in [0.15, 0.2) is 0 Å². The maximum Gasteiger partial charge on any atom is 0.135 e. The van der Waals surface area contributed by atoms with Crippen LogP contribution in [0.1, 0.15) is 19.4 Å². The summed E-state index contributed by atoms with van der Waals surface area (Å²) in [5, 5.41) is 9.49. The number of rotatable bonds is 2. The van der Waals surface area contributed by atoms with Crippen LogP contribution in [0.15, 0.2) is 12.1 Å². The zero-order valence-corrected chi connectivity index (χ0v) is 8.27. The molecule has 0 bridgehead atoms. The topological polar surface area (TPSA) is 29.5 Å². The van der Waals surface area contributed by atoms with Gasteiger partial charge in [-0.2, -0.15) is 0 Å². The highest BCUT2D eigenvalue weighted by Gasteiger charge is 2.25. The second kappa shape index (κ2) is 3.53. The van der Waals surface area contributed by atoms with Crippen molar-refractivity contribution in [2.75, 3.05) is 7.11 Å². The van der Waals surface area contributed by atoms with Crippen LogP contribution in [-0.4, -0.2) is 12.2 Å². The largest absolute Gasteiger partial charge is 0.497 e. The Labute approximate surface area is 81.1 Å². The van der Waals surface area contributed by atoms with Crippen LogP contribution < -0.4 is 4.74 Å². The first kappa shape index (κ1) is 10.9. The highest BCUT2D eigenvalue weighted by Crippen LogP contribution is 2.28. The van der Waals surface area contributed by atoms with Gasteiger partial charge >= 0.3 is 0 Å². The Morgan fingerprint density at radius 3 is 1.93 bits per heavy atom. The Hall–Kier alpha value is -1.16. The lowest BCUT2D eigenvalue weighted by Gasteiger charge is -2.19. The summed E-state index contributed by atoms with van der Waals surface area (Å²) in [7, 11) is 1.32. The third-order valence-corrected chi connectivity index (χ3v) is 1.86. The molecular weight excluding hydrogens is 190 g/mol. The molecule has 1 rings (SSSR count). The molecule has 0 saturated carbocycles. The van der Waals surface area contributed by atoms with Crippen molar-refractivity contribution in [3.05, 3.63) is 29.3 Å². The molecule has 0 spiro atoms. The van der Waals surface area contributed by atoms with Crippen LogP contribution >= 0.6 is 0 Å². The van der Waals surface area contributed by atoms with Gasteiger partial charge in [0.1, 0.15) is 17.4 Å². The number of hydrogen-bond acceptors (Lipinski definition) is 2. The zero-order valence-electron chi connectivity index (χ0n) is 8.27. The van der Waals surface area contributed by atoms with E-state index < -0.39 is 17.2 Å². The predicted octanol–water partition coefficient (Wildman–Crippen LogP) is 2.20. The SMILES string of the molecule is COc1cc(F)c(C(C)(C)O)c(F)c1. The average molecular weight is 202 g/mol. The number of benzene rings is 1. The fourth-order valence-corrected chi connectivity index (χ4v) is 1.25. The Morgan fingerprint density at radius 2 is 1.64 bits per heavy atom. The third-order valence-electron chi connectivity index (χ3n) is 1.86. The second-order valence-electron chi connectivity index (χ2n) is 3.53. The Morgan fingerprint density at radius 1 is 1.21 bits per heavy atom. The van der Waals surface area contributed by atoms with Gasteiger partial charge in [0.2, 0.25) is 0 Å². The highest BCUT2D eigenvalue weighted by atomic mass is 19.1. The molecule has 1 aromatic carbocycles. The highest BCUT2D eigenvalue weighted by molar-refractivity contribution is 5.33. The lowest BCUT2D eigenvalue weighted by atomic mass is 9.97. The van der Waals surface area contributed by atoms with Gasteiger partial charge in [-0.1, -0.05) is 0 Å². The first-order valence-electron chi connectivity index (χ1n) is 4.12. The monoisotopic (exact) mass is 202 g/mol. The van der Waals surface area contributed by atoms with E-state index in [9.17, 15) is 13.9 Å². The van der Waals surface area contributed by atoms with E-state index in [0.29, 0.717) is 0 Å². The summed E-state index contributed by atoms with van der Waals surface area (Å²) in [6.07, 6.45) is 0. The van der Waals surface area contributed by atoms with Crippen LogP contribution in [0.25, 0.3) is 0 Å². The molecule has 0 aliphatic rings. The molecule has 1 aromatic rings. The third kappa shape index (κ3) is 2.01. The van der Waals surface area contributed by atoms with Crippen molar-refractivity contribution < 1.29 is 18.6 Å². The molecule has 0 unspecified atom stereocenters. The van der Waals surface area contributed by atoms with Gasteiger partial charge in [-0.25, -0.2) is 8.78 Å². The fraction of sp³-hybridized carbons (Fsp3) is 0.400. The molecule has 2 nitrogen and oxygen atoms in total. The van der Waals surface area contributed by atoms with Gasteiger partial charge < -0.3 is 9.84 Å². The molecule has 0 aromatic heterocycles. The van der Waals surface area contributed by atoms with Crippen LogP contribution in [0.2, 0.25) is 0 Å². The molecule has 0 aliphatic carbocycles. The Balaban J connectivity index is 3.33. The van der Waals surface area contributed by atoms with Crippen molar-refractivity contribution in [1.29, 1.82) is 0 Å². The van der Waals surface area contributed by atoms with E-state index in [0.717, 1.165) is 12.1 Å². The van der Waals surface area contributed by atoms with Gasteiger partial charge in [-0.05, 0) is 13.8 Å². The number of methoxy groups -OCH3 is 1. The maximum absolute atomic E-state index is 13.3. The summed E-state index contributed by atoms with van der Waals surface area (Å²) in [4.78, 5) is 0. The van der Waals surface area contributed by atoms with Crippen molar-refractivity contribution in [2.45, 2.75) is 19.4 Å². The Bertz CT molecular complexity index is 319. The minimum atomic E-state index is -1.54. The summed E-state index contributed by atoms with van der Waals surface area (Å²) < 4.78 is 31.3. The number of hydrogen-bond donors (Lipinski definition) is 1. The predicted molar refractivity (Wildman–Crippen MR) is 48.2 cm³/mol. The minimum Gasteiger partial charge on any atom is -0.497 e. The fourth-order valence-electron chi connectivity index (χ4n) is 1.25. The molecule has 0 heterocycles. The molecule has 1 N–H and O–H groups in total. The van der Waals surface area contributed by atoms with Crippen LogP contribution in [0, 0.1) is 11.6 Å². The molecular formula is C10H12F2O2. The van der Waals surface area contributed by atoms with Gasteiger partial charge in [-0.15, -0.1) is 0 Å². The van der Waals surface area contributed by atoms with Crippen molar-refractivity contribution in [3.8, 4) is 5.75 Å². The van der Waals surface area contributed by atoms with E-state index in [1.807, 2.05) is 0 Å². The summed E-state index contributed by atoms with van der Waals surface area (Å²) in [6, 6.07) is 2.08. The molecule has 0 saturated heterocycles. The van der Waals surface area contributed by atoms with Gasteiger partial charge in [0.25, 0.3) is 0 Å². The maximum atomic E-state index is 13.3. The summed E-state index contributed by atoms with van der Waals surface area (Å²) in [6.45, 7) is 2.64. The molecule has 0 atom stereocenters. The first-order chi connectivity index (χ1) is 6.36. The molecule has 0 fully saturated rings. The van der Waals surface area contributed by atoms with E-state index in [2.05, 4.69) is 4.74 Å². The Kier molecular flexibility index (Phi) is 2.76. The van der Waals surface area contributed by atoms with E-state index in [1.165, 1.54) is 21.0 Å². The second-order valence-corrected chi connectivity index (χ2v) is 3.53. The average Bonchev–Trinajstić information content (AvgIpc) is 1.99. The van der Waals surface area contributed by atoms with Crippen LogP contribution in [-0.2, 0) is 5.60 Å². The van der Waals surface area contributed by atoms with Crippen LogP contribution in [0.4, 0.5) is 8.78 Å². The van der Waals surface area contributed by atoms with Crippen LogP contribution in [0.5, 0.6) is 5.75 Å². The van der Waals surface area contributed by atoms with Crippen LogP contribution in [0.3, 0.4) is 0 Å². The lowest BCUT2D eigenvalue weighted by Crippen LogP contribution is -2.19. The van der Waals surface area contributed by atoms with Crippen molar-refractivity contribution in [3.63, 3.8) is 0 Å². The van der Waals surface area contributed by atoms with E-state index in [4.69, 9.17) is 0 Å². The summed E-state index contributed by atoms with van der Waals surface area (Å²) in [5.74, 6) is -1.53. The number of ether oxygens (including phenoxy) is 1. The molecule has 14 heavy (non-hydrogen) atoms. The van der Waals surface area contributed by atoms with Gasteiger partial charge in [0.05, 0.1) is 18.3 Å². The van der Waals surface area contributed by atoms with Crippen molar-refractivity contribution >= 4 is 0 Å². The van der Waals surface area contributed by atoms with E-state index in [1.54, 1.807) is 0 Å². The smallest absolute Gasteiger partial charge is 0.135 e. The van der Waals surface area contributed by atoms with Crippen molar-refractivity contribution in [2.24, 2.45) is 0 Å². The molecule has 0 radical (unpaired) electrons. The molecule has 78 valence electrons. The molecule has 4 heteroatoms.